The Morgan fingerprint density at radius 3 is 2.74 bits per heavy atom. The van der Waals surface area contributed by atoms with Crippen molar-refractivity contribution in [3.63, 3.8) is 0 Å². The first-order valence-corrected chi connectivity index (χ1v) is 8.69. The predicted octanol–water partition coefficient (Wildman–Crippen LogP) is 2.85. The second-order valence-corrected chi connectivity index (χ2v) is 7.43. The van der Waals surface area contributed by atoms with E-state index >= 15 is 0 Å². The highest BCUT2D eigenvalue weighted by molar-refractivity contribution is 8.00. The summed E-state index contributed by atoms with van der Waals surface area (Å²) in [5.41, 5.74) is 0.578. The van der Waals surface area contributed by atoms with Crippen molar-refractivity contribution in [3.8, 4) is 0 Å². The van der Waals surface area contributed by atoms with Gasteiger partial charge in [-0.2, -0.15) is 0 Å². The highest BCUT2D eigenvalue weighted by atomic mass is 32.2. The standard InChI is InChI=1S/C17H20O5S/c1-10-16(21-11(2)18)22-17(23-10)14-8-13(14)9-20-15(19)12-6-4-3-5-7-12/h3-7,10,13-14,16-17H,8-9H2,1-2H3/t10-,13?,14?,16?,17-/m0/s1. The highest BCUT2D eigenvalue weighted by Gasteiger charge is 2.50. The van der Waals surface area contributed by atoms with Crippen LogP contribution in [0, 0.1) is 11.8 Å². The summed E-state index contributed by atoms with van der Waals surface area (Å²) in [5, 5.41) is 0.122. The van der Waals surface area contributed by atoms with E-state index in [9.17, 15) is 9.59 Å². The van der Waals surface area contributed by atoms with E-state index in [0.29, 0.717) is 24.0 Å². The monoisotopic (exact) mass is 336 g/mol. The molecule has 0 N–H and O–H groups in total. The fraction of sp³-hybridized carbons (Fsp3) is 0.529. The lowest BCUT2D eigenvalue weighted by Crippen LogP contribution is -2.24. The van der Waals surface area contributed by atoms with Crippen LogP contribution in [-0.4, -0.2) is 35.5 Å². The van der Waals surface area contributed by atoms with Gasteiger partial charge in [-0.15, -0.1) is 11.8 Å². The SMILES string of the molecule is CC(=O)OC1O[C@H](C2CC2COC(=O)c2ccccc2)S[C@H]1C. The molecule has 1 saturated heterocycles. The molecule has 0 radical (unpaired) electrons. The number of carbonyl (C=O) groups excluding carboxylic acids is 2. The van der Waals surface area contributed by atoms with Crippen molar-refractivity contribution >= 4 is 23.7 Å². The fourth-order valence-electron chi connectivity index (χ4n) is 2.68. The van der Waals surface area contributed by atoms with Crippen molar-refractivity contribution in [2.24, 2.45) is 11.8 Å². The normalized spacial score (nSPS) is 32.3. The summed E-state index contributed by atoms with van der Waals surface area (Å²) in [6.45, 7) is 3.79. The zero-order valence-electron chi connectivity index (χ0n) is 13.1. The van der Waals surface area contributed by atoms with E-state index in [1.54, 1.807) is 23.9 Å². The summed E-state index contributed by atoms with van der Waals surface area (Å²) in [6, 6.07) is 8.98. The van der Waals surface area contributed by atoms with Crippen LogP contribution in [0.15, 0.2) is 30.3 Å². The summed E-state index contributed by atoms with van der Waals surface area (Å²) in [7, 11) is 0. The van der Waals surface area contributed by atoms with Gasteiger partial charge in [0.2, 0.25) is 6.29 Å². The van der Waals surface area contributed by atoms with Crippen molar-refractivity contribution in [1.82, 2.24) is 0 Å². The summed E-state index contributed by atoms with van der Waals surface area (Å²) in [5.74, 6) is 0.0599. The lowest BCUT2D eigenvalue weighted by molar-refractivity contribution is -0.175. The minimum atomic E-state index is -0.476. The first-order valence-electron chi connectivity index (χ1n) is 7.75. The Bertz CT molecular complexity index is 576. The van der Waals surface area contributed by atoms with E-state index in [1.165, 1.54) is 6.92 Å². The van der Waals surface area contributed by atoms with E-state index in [-0.39, 0.29) is 22.6 Å². The molecule has 23 heavy (non-hydrogen) atoms. The molecule has 0 spiro atoms. The Hall–Kier alpha value is -1.53. The van der Waals surface area contributed by atoms with Gasteiger partial charge in [0.05, 0.1) is 17.4 Å². The van der Waals surface area contributed by atoms with Crippen LogP contribution in [0.5, 0.6) is 0 Å². The van der Waals surface area contributed by atoms with E-state index in [2.05, 4.69) is 0 Å². The molecule has 1 aromatic rings. The Balaban J connectivity index is 1.44. The molecule has 5 nitrogen and oxygen atoms in total. The summed E-state index contributed by atoms with van der Waals surface area (Å²) in [4.78, 5) is 23.0. The van der Waals surface area contributed by atoms with E-state index in [4.69, 9.17) is 14.2 Å². The van der Waals surface area contributed by atoms with Crippen LogP contribution in [0.3, 0.4) is 0 Å². The van der Waals surface area contributed by atoms with Gasteiger partial charge in [-0.3, -0.25) is 4.79 Å². The number of hydrogen-bond donors (Lipinski definition) is 0. The van der Waals surface area contributed by atoms with Crippen LogP contribution in [0.4, 0.5) is 0 Å². The average Bonchev–Trinajstić information content (AvgIpc) is 3.23. The van der Waals surface area contributed by atoms with E-state index in [1.807, 2.05) is 25.1 Å². The van der Waals surface area contributed by atoms with Crippen molar-refractivity contribution < 1.29 is 23.8 Å². The maximum atomic E-state index is 11.9. The van der Waals surface area contributed by atoms with Crippen molar-refractivity contribution in [2.75, 3.05) is 6.61 Å². The largest absolute Gasteiger partial charge is 0.462 e. The van der Waals surface area contributed by atoms with Crippen LogP contribution in [0.2, 0.25) is 0 Å². The van der Waals surface area contributed by atoms with Crippen molar-refractivity contribution in [2.45, 2.75) is 37.2 Å². The highest BCUT2D eigenvalue weighted by Crippen LogP contribution is 2.51. The third kappa shape index (κ3) is 4.06. The number of carbonyl (C=O) groups is 2. The zero-order chi connectivity index (χ0) is 16.4. The molecule has 1 saturated carbocycles. The molecule has 1 aliphatic heterocycles. The summed E-state index contributed by atoms with van der Waals surface area (Å²) < 4.78 is 16.3. The smallest absolute Gasteiger partial charge is 0.338 e. The second-order valence-electron chi connectivity index (χ2n) is 5.95. The summed E-state index contributed by atoms with van der Waals surface area (Å²) >= 11 is 1.68. The van der Waals surface area contributed by atoms with Crippen LogP contribution in [0.25, 0.3) is 0 Å². The molecular weight excluding hydrogens is 316 g/mol. The van der Waals surface area contributed by atoms with E-state index < -0.39 is 6.29 Å². The number of benzene rings is 1. The molecule has 124 valence electrons. The number of hydrogen-bond acceptors (Lipinski definition) is 6. The molecular formula is C17H20O5S. The van der Waals surface area contributed by atoms with Gasteiger partial charge < -0.3 is 14.2 Å². The molecule has 0 amide bonds. The zero-order valence-corrected chi connectivity index (χ0v) is 14.0. The Morgan fingerprint density at radius 1 is 1.30 bits per heavy atom. The molecule has 3 rings (SSSR count). The molecule has 1 heterocycles. The van der Waals surface area contributed by atoms with Gasteiger partial charge >= 0.3 is 11.9 Å². The van der Waals surface area contributed by atoms with Gasteiger partial charge in [0.1, 0.15) is 5.44 Å². The molecule has 6 heteroatoms. The van der Waals surface area contributed by atoms with Crippen LogP contribution in [0.1, 0.15) is 30.6 Å². The lowest BCUT2D eigenvalue weighted by atomic mass is 10.2. The Morgan fingerprint density at radius 2 is 2.04 bits per heavy atom. The third-order valence-electron chi connectivity index (χ3n) is 4.05. The second kappa shape index (κ2) is 6.93. The molecule has 3 unspecified atom stereocenters. The minimum absolute atomic E-state index is 0.00905. The molecule has 1 aliphatic carbocycles. The topological polar surface area (TPSA) is 61.8 Å². The number of ether oxygens (including phenoxy) is 3. The number of thioether (sulfide) groups is 1. The molecule has 1 aromatic carbocycles. The van der Waals surface area contributed by atoms with E-state index in [0.717, 1.165) is 6.42 Å². The third-order valence-corrected chi connectivity index (χ3v) is 5.43. The lowest BCUT2D eigenvalue weighted by Gasteiger charge is -2.13. The van der Waals surface area contributed by atoms with Gasteiger partial charge in [-0.1, -0.05) is 18.2 Å². The first-order chi connectivity index (χ1) is 11.0. The summed E-state index contributed by atoms with van der Waals surface area (Å²) in [6.07, 6.45) is 0.495. The number of rotatable bonds is 5. The van der Waals surface area contributed by atoms with Crippen LogP contribution >= 0.6 is 11.8 Å². The molecule has 0 bridgehead atoms. The fourth-order valence-corrected chi connectivity index (χ4v) is 4.06. The maximum absolute atomic E-state index is 11.9. The van der Waals surface area contributed by atoms with Crippen molar-refractivity contribution in [1.29, 1.82) is 0 Å². The van der Waals surface area contributed by atoms with Crippen LogP contribution in [-0.2, 0) is 19.0 Å². The molecule has 0 aromatic heterocycles. The molecule has 2 aliphatic rings. The quantitative estimate of drug-likeness (QED) is 0.771. The minimum Gasteiger partial charge on any atom is -0.462 e. The maximum Gasteiger partial charge on any atom is 0.338 e. The van der Waals surface area contributed by atoms with Gasteiger partial charge in [0, 0.05) is 12.8 Å². The van der Waals surface area contributed by atoms with Crippen LogP contribution < -0.4 is 0 Å². The first kappa shape index (κ1) is 16.3. The Labute approximate surface area is 139 Å². The average molecular weight is 336 g/mol. The predicted molar refractivity (Wildman–Crippen MR) is 85.8 cm³/mol. The van der Waals surface area contributed by atoms with Gasteiger partial charge in [0.25, 0.3) is 0 Å². The van der Waals surface area contributed by atoms with Gasteiger partial charge in [0.15, 0.2) is 0 Å². The number of esters is 2. The Kier molecular flexibility index (Phi) is 4.92. The van der Waals surface area contributed by atoms with Gasteiger partial charge in [-0.05, 0) is 31.4 Å². The van der Waals surface area contributed by atoms with Gasteiger partial charge in [-0.25, -0.2) is 4.79 Å². The molecule has 5 atom stereocenters. The van der Waals surface area contributed by atoms with Crippen molar-refractivity contribution in [3.05, 3.63) is 35.9 Å². The molecule has 2 fully saturated rings.